The summed E-state index contributed by atoms with van der Waals surface area (Å²) in [5, 5.41) is 3.47. The first-order valence-electron chi connectivity index (χ1n) is 12.1. The molecule has 0 aliphatic rings. The second-order valence-corrected chi connectivity index (χ2v) is 9.68. The van der Waals surface area contributed by atoms with Crippen LogP contribution in [-0.4, -0.2) is 21.1 Å². The predicted octanol–water partition coefficient (Wildman–Crippen LogP) is 7.45. The van der Waals surface area contributed by atoms with Crippen LogP contribution in [0.15, 0.2) is 53.9 Å². The van der Waals surface area contributed by atoms with Gasteiger partial charge in [0.05, 0.1) is 27.8 Å². The number of hydrogen-bond acceptors (Lipinski definition) is 5. The summed E-state index contributed by atoms with van der Waals surface area (Å²) in [5.41, 5.74) is 6.23. The van der Waals surface area contributed by atoms with E-state index in [1.165, 1.54) is 41.9 Å². The maximum absolute atomic E-state index is 6.04. The van der Waals surface area contributed by atoms with Crippen LogP contribution in [0.25, 0.3) is 22.3 Å². The lowest BCUT2D eigenvalue weighted by Crippen LogP contribution is -2.09. The van der Waals surface area contributed by atoms with Crippen molar-refractivity contribution in [2.75, 3.05) is 0 Å². The Labute approximate surface area is 201 Å². The number of nitrogens with zero attached hydrogens (tertiary/aromatic N) is 3. The third kappa shape index (κ3) is 6.38. The number of para-hydroxylation sites is 2. The highest BCUT2D eigenvalue weighted by Crippen LogP contribution is 2.30. The Morgan fingerprint density at radius 1 is 0.848 bits per heavy atom. The molecular formula is C28H33N3OS. The maximum Gasteiger partial charge on any atom is 0.241 e. The van der Waals surface area contributed by atoms with E-state index in [1.807, 2.05) is 38.1 Å². The zero-order valence-electron chi connectivity index (χ0n) is 19.9. The van der Waals surface area contributed by atoms with E-state index in [0.717, 1.165) is 41.6 Å². The first kappa shape index (κ1) is 23.4. The summed E-state index contributed by atoms with van der Waals surface area (Å²) in [5.74, 6) is 0.606. The Kier molecular flexibility index (Phi) is 8.05. The molecule has 2 aromatic heterocycles. The second-order valence-electron chi connectivity index (χ2n) is 8.73. The molecule has 4 aromatic rings. The molecule has 0 aliphatic heterocycles. The van der Waals surface area contributed by atoms with Gasteiger partial charge in [-0.2, -0.15) is 0 Å². The van der Waals surface area contributed by atoms with Gasteiger partial charge in [0.2, 0.25) is 5.88 Å². The van der Waals surface area contributed by atoms with E-state index < -0.39 is 0 Å². The molecule has 0 saturated heterocycles. The van der Waals surface area contributed by atoms with Gasteiger partial charge >= 0.3 is 0 Å². The highest BCUT2D eigenvalue weighted by atomic mass is 32.1. The van der Waals surface area contributed by atoms with Gasteiger partial charge in [-0.1, -0.05) is 50.1 Å². The van der Waals surface area contributed by atoms with Gasteiger partial charge in [0.1, 0.15) is 5.69 Å². The predicted molar refractivity (Wildman–Crippen MR) is 138 cm³/mol. The molecule has 0 atom stereocenters. The Hall–Kier alpha value is -2.79. The standard InChI is InChI=1S/C28H33N3OS/c1-4-26-29-23(19-33-26)15-8-6-5-7-12-21-13-11-14-22(18-21)27-28(32-20(2)3)31-25-17-10-9-16-24(25)30-27/h9-11,13-14,16-20H,4-8,12,15H2,1-3H3. The summed E-state index contributed by atoms with van der Waals surface area (Å²) >= 11 is 1.79. The number of unbranched alkanes of at least 4 members (excludes halogenated alkanes) is 3. The average Bonchev–Trinajstić information content (AvgIpc) is 3.29. The Balaban J connectivity index is 1.37. The van der Waals surface area contributed by atoms with Crippen LogP contribution in [0.3, 0.4) is 0 Å². The summed E-state index contributed by atoms with van der Waals surface area (Å²) in [6.45, 7) is 6.21. The largest absolute Gasteiger partial charge is 0.473 e. The maximum atomic E-state index is 6.04. The topological polar surface area (TPSA) is 47.9 Å². The Bertz CT molecular complexity index is 1180. The molecule has 0 N–H and O–H groups in total. The van der Waals surface area contributed by atoms with Crippen molar-refractivity contribution in [3.8, 4) is 17.1 Å². The minimum absolute atomic E-state index is 0.0419. The molecule has 2 aromatic carbocycles. The van der Waals surface area contributed by atoms with Crippen molar-refractivity contribution in [2.24, 2.45) is 0 Å². The lowest BCUT2D eigenvalue weighted by Gasteiger charge is -2.14. The molecule has 0 spiro atoms. The molecule has 2 heterocycles. The summed E-state index contributed by atoms with van der Waals surface area (Å²) in [6.07, 6.45) is 8.17. The van der Waals surface area contributed by atoms with E-state index in [9.17, 15) is 0 Å². The first-order chi connectivity index (χ1) is 16.1. The minimum Gasteiger partial charge on any atom is -0.473 e. The number of benzene rings is 2. The summed E-state index contributed by atoms with van der Waals surface area (Å²) in [7, 11) is 0. The Morgan fingerprint density at radius 3 is 2.33 bits per heavy atom. The van der Waals surface area contributed by atoms with Crippen LogP contribution in [0, 0.1) is 0 Å². The van der Waals surface area contributed by atoms with E-state index in [0.29, 0.717) is 5.88 Å². The lowest BCUT2D eigenvalue weighted by atomic mass is 10.0. The van der Waals surface area contributed by atoms with Gasteiger partial charge in [0.15, 0.2) is 0 Å². The van der Waals surface area contributed by atoms with Crippen molar-refractivity contribution < 1.29 is 4.74 Å². The molecule has 0 aliphatic carbocycles. The average molecular weight is 460 g/mol. The van der Waals surface area contributed by atoms with Gasteiger partial charge in [-0.15, -0.1) is 11.3 Å². The zero-order chi connectivity index (χ0) is 23.0. The van der Waals surface area contributed by atoms with Crippen LogP contribution >= 0.6 is 11.3 Å². The molecule has 0 bridgehead atoms. The minimum atomic E-state index is 0.0419. The number of ether oxygens (including phenoxy) is 1. The van der Waals surface area contributed by atoms with Crippen LogP contribution in [0.4, 0.5) is 0 Å². The number of fused-ring (bicyclic) bond motifs is 1. The molecule has 0 amide bonds. The van der Waals surface area contributed by atoms with E-state index in [4.69, 9.17) is 14.7 Å². The number of rotatable bonds is 11. The summed E-state index contributed by atoms with van der Waals surface area (Å²) < 4.78 is 6.04. The molecule has 172 valence electrons. The van der Waals surface area contributed by atoms with Crippen LogP contribution in [0.2, 0.25) is 0 Å². The van der Waals surface area contributed by atoms with Crippen LogP contribution in [0.1, 0.15) is 62.7 Å². The molecule has 4 rings (SSSR count). The fourth-order valence-electron chi connectivity index (χ4n) is 3.97. The molecule has 0 unspecified atom stereocenters. The fraction of sp³-hybridized carbons (Fsp3) is 0.393. The van der Waals surface area contributed by atoms with Crippen molar-refractivity contribution >= 4 is 22.4 Å². The van der Waals surface area contributed by atoms with Gasteiger partial charge in [0, 0.05) is 10.9 Å². The molecule has 33 heavy (non-hydrogen) atoms. The van der Waals surface area contributed by atoms with Gasteiger partial charge in [-0.05, 0) is 69.7 Å². The molecule has 0 fully saturated rings. The number of thiazole rings is 1. The lowest BCUT2D eigenvalue weighted by molar-refractivity contribution is 0.234. The molecular weight excluding hydrogens is 426 g/mol. The molecule has 0 saturated carbocycles. The molecule has 4 nitrogen and oxygen atoms in total. The van der Waals surface area contributed by atoms with Crippen molar-refractivity contribution in [3.05, 3.63) is 70.2 Å². The van der Waals surface area contributed by atoms with E-state index in [2.05, 4.69) is 41.6 Å². The smallest absolute Gasteiger partial charge is 0.241 e. The SMILES string of the molecule is CCc1nc(CCCCCCc2cccc(-c3nc4ccccc4nc3OC(C)C)c2)cs1. The fourth-order valence-corrected chi connectivity index (χ4v) is 4.75. The van der Waals surface area contributed by atoms with Gasteiger partial charge in [-0.25, -0.2) is 15.0 Å². The zero-order valence-corrected chi connectivity index (χ0v) is 20.7. The van der Waals surface area contributed by atoms with Gasteiger partial charge in [-0.3, -0.25) is 0 Å². The van der Waals surface area contributed by atoms with Gasteiger partial charge < -0.3 is 4.74 Å². The van der Waals surface area contributed by atoms with Crippen LogP contribution in [0.5, 0.6) is 5.88 Å². The third-order valence-electron chi connectivity index (χ3n) is 5.64. The number of aromatic nitrogens is 3. The van der Waals surface area contributed by atoms with Crippen molar-refractivity contribution in [2.45, 2.75) is 71.8 Å². The summed E-state index contributed by atoms with van der Waals surface area (Å²) in [6, 6.07) is 16.6. The van der Waals surface area contributed by atoms with Crippen molar-refractivity contribution in [3.63, 3.8) is 0 Å². The number of hydrogen-bond donors (Lipinski definition) is 0. The van der Waals surface area contributed by atoms with Crippen molar-refractivity contribution in [1.29, 1.82) is 0 Å². The normalized spacial score (nSPS) is 11.4. The van der Waals surface area contributed by atoms with E-state index >= 15 is 0 Å². The quantitative estimate of drug-likeness (QED) is 0.219. The van der Waals surface area contributed by atoms with E-state index in [1.54, 1.807) is 11.3 Å². The van der Waals surface area contributed by atoms with E-state index in [-0.39, 0.29) is 6.10 Å². The monoisotopic (exact) mass is 459 g/mol. The summed E-state index contributed by atoms with van der Waals surface area (Å²) in [4.78, 5) is 14.3. The highest BCUT2D eigenvalue weighted by Gasteiger charge is 2.14. The van der Waals surface area contributed by atoms with Gasteiger partial charge in [0.25, 0.3) is 0 Å². The number of aryl methyl sites for hydroxylation is 3. The second kappa shape index (κ2) is 11.4. The van der Waals surface area contributed by atoms with Crippen LogP contribution in [-0.2, 0) is 19.3 Å². The molecule has 0 radical (unpaired) electrons. The van der Waals surface area contributed by atoms with Crippen LogP contribution < -0.4 is 4.74 Å². The molecule has 5 heteroatoms. The first-order valence-corrected chi connectivity index (χ1v) is 13.0. The highest BCUT2D eigenvalue weighted by molar-refractivity contribution is 7.09. The van der Waals surface area contributed by atoms with Crippen molar-refractivity contribution in [1.82, 2.24) is 15.0 Å². The Morgan fingerprint density at radius 2 is 1.61 bits per heavy atom. The third-order valence-corrected chi connectivity index (χ3v) is 6.68.